The van der Waals surface area contributed by atoms with E-state index in [-0.39, 0.29) is 0 Å². The van der Waals surface area contributed by atoms with Gasteiger partial charge in [-0.2, -0.15) is 0 Å². The number of hydrogen-bond donors (Lipinski definition) is 0. The molecule has 0 heterocycles. The van der Waals surface area contributed by atoms with Gasteiger partial charge in [0.25, 0.3) is 0 Å². The van der Waals surface area contributed by atoms with Crippen molar-refractivity contribution in [3.63, 3.8) is 0 Å². The minimum absolute atomic E-state index is 1.25. The maximum Gasteiger partial charge on any atom is -0.0282 e. The Kier molecular flexibility index (Phi) is 28.0. The molecule has 0 N–H and O–H groups in total. The Hall–Kier alpha value is -0.520. The van der Waals surface area contributed by atoms with Crippen LogP contribution >= 0.6 is 0 Å². The van der Waals surface area contributed by atoms with Crippen LogP contribution in [0.2, 0.25) is 0 Å². The van der Waals surface area contributed by atoms with Crippen LogP contribution in [0.3, 0.4) is 0 Å². The third-order valence-corrected chi connectivity index (χ3v) is 6.82. The van der Waals surface area contributed by atoms with Gasteiger partial charge in [-0.15, -0.1) is 0 Å². The molecule has 0 aromatic carbocycles. The Morgan fingerprint density at radius 3 is 1.25 bits per heavy atom. The van der Waals surface area contributed by atoms with E-state index >= 15 is 0 Å². The van der Waals surface area contributed by atoms with Gasteiger partial charge in [0.15, 0.2) is 0 Å². The molecular weight excluding hydrogens is 384 g/mol. The third kappa shape index (κ3) is 25.7. The summed E-state index contributed by atoms with van der Waals surface area (Å²) in [5.74, 6) is 0. The van der Waals surface area contributed by atoms with E-state index in [1.165, 1.54) is 161 Å². The van der Waals surface area contributed by atoms with Gasteiger partial charge in [-0.1, -0.05) is 173 Å². The first kappa shape index (κ1) is 31.5. The molecule has 0 spiro atoms. The maximum atomic E-state index is 2.50. The second kappa shape index (κ2) is 28.5. The molecule has 0 heteroatoms. The highest BCUT2D eigenvalue weighted by molar-refractivity contribution is 5.18. The molecule has 0 aromatic rings. The van der Waals surface area contributed by atoms with E-state index in [4.69, 9.17) is 0 Å². The fourth-order valence-corrected chi connectivity index (χ4v) is 4.56. The molecule has 0 atom stereocenters. The van der Waals surface area contributed by atoms with Gasteiger partial charge in [0, 0.05) is 0 Å². The summed E-state index contributed by atoms with van der Waals surface area (Å²) in [4.78, 5) is 0. The molecule has 0 rings (SSSR count). The van der Waals surface area contributed by atoms with Crippen molar-refractivity contribution < 1.29 is 0 Å². The van der Waals surface area contributed by atoms with Gasteiger partial charge in [-0.05, 0) is 32.1 Å². The Balaban J connectivity index is 3.57. The van der Waals surface area contributed by atoms with Crippen molar-refractivity contribution in [2.24, 2.45) is 0 Å². The third-order valence-electron chi connectivity index (χ3n) is 6.82. The van der Waals surface area contributed by atoms with Crippen molar-refractivity contribution >= 4 is 0 Å². The average Bonchev–Trinajstić information content (AvgIpc) is 2.81. The molecule has 0 aliphatic heterocycles. The van der Waals surface area contributed by atoms with Gasteiger partial charge in [0.05, 0.1) is 0 Å². The van der Waals surface area contributed by atoms with E-state index in [2.05, 4.69) is 39.0 Å². The second-order valence-corrected chi connectivity index (χ2v) is 10.2. The van der Waals surface area contributed by atoms with Crippen LogP contribution in [0.25, 0.3) is 0 Å². The summed E-state index contributed by atoms with van der Waals surface area (Å²) >= 11 is 0. The first-order valence-electron chi connectivity index (χ1n) is 15.2. The quantitative estimate of drug-likeness (QED) is 0.0915. The molecule has 0 amide bonds. The summed E-state index contributed by atoms with van der Waals surface area (Å²) in [6.07, 6.45) is 42.7. The minimum atomic E-state index is 1.25. The monoisotopic (exact) mass is 446 g/mol. The standard InChI is InChI=1S/C32H62/c1-4-7-10-12-14-16-17-18-19-20-21-22-24-26-28-31-32(29-9-6-3)30-27-25-23-15-13-11-8-5-2/h27,29-30H,4-26,28,31H2,1-3H3. The van der Waals surface area contributed by atoms with Crippen molar-refractivity contribution in [1.29, 1.82) is 0 Å². The van der Waals surface area contributed by atoms with E-state index < -0.39 is 0 Å². The van der Waals surface area contributed by atoms with Crippen LogP contribution < -0.4 is 0 Å². The largest absolute Gasteiger partial charge is 0.0843 e. The first-order chi connectivity index (χ1) is 15.8. The van der Waals surface area contributed by atoms with Gasteiger partial charge in [-0.25, -0.2) is 0 Å². The van der Waals surface area contributed by atoms with E-state index in [0.29, 0.717) is 0 Å². The van der Waals surface area contributed by atoms with Gasteiger partial charge >= 0.3 is 0 Å². The average molecular weight is 447 g/mol. The summed E-state index contributed by atoms with van der Waals surface area (Å²) in [5.41, 5.74) is 1.60. The Morgan fingerprint density at radius 1 is 0.406 bits per heavy atom. The van der Waals surface area contributed by atoms with Gasteiger partial charge in [0.1, 0.15) is 0 Å². The van der Waals surface area contributed by atoms with Gasteiger partial charge in [0.2, 0.25) is 0 Å². The Bertz CT molecular complexity index is 389. The zero-order chi connectivity index (χ0) is 23.4. The number of unbranched alkanes of at least 4 members (excludes halogenated alkanes) is 21. The molecule has 0 unspecified atom stereocenters. The summed E-state index contributed by atoms with van der Waals surface area (Å²) in [6, 6.07) is 0. The van der Waals surface area contributed by atoms with Crippen molar-refractivity contribution in [3.8, 4) is 0 Å². The number of allylic oxidation sites excluding steroid dienone is 4. The van der Waals surface area contributed by atoms with E-state index in [0.717, 1.165) is 0 Å². The predicted octanol–water partition coefficient (Wildman–Crippen LogP) is 12.3. The van der Waals surface area contributed by atoms with E-state index in [9.17, 15) is 0 Å². The van der Waals surface area contributed by atoms with E-state index in [1.807, 2.05) is 0 Å². The number of rotatable bonds is 26. The summed E-state index contributed by atoms with van der Waals surface area (Å²) in [6.45, 7) is 6.89. The van der Waals surface area contributed by atoms with Gasteiger partial charge in [-0.3, -0.25) is 0 Å². The van der Waals surface area contributed by atoms with Crippen LogP contribution in [0.1, 0.15) is 181 Å². The van der Waals surface area contributed by atoms with E-state index in [1.54, 1.807) is 5.57 Å². The lowest BCUT2D eigenvalue weighted by atomic mass is 10.0. The lowest BCUT2D eigenvalue weighted by molar-refractivity contribution is 0.532. The zero-order valence-corrected chi connectivity index (χ0v) is 22.9. The van der Waals surface area contributed by atoms with Crippen LogP contribution in [0, 0.1) is 0 Å². The fraction of sp³-hybridized carbons (Fsp3) is 0.875. The molecule has 0 nitrogen and oxygen atoms in total. The molecule has 0 radical (unpaired) electrons. The summed E-state index contributed by atoms with van der Waals surface area (Å²) < 4.78 is 0. The SMILES string of the molecule is CCCC=C(C=CCCCCCCCC)CCCCCCCCCCCCCCCCC. The van der Waals surface area contributed by atoms with Gasteiger partial charge < -0.3 is 0 Å². The highest BCUT2D eigenvalue weighted by Gasteiger charge is 1.97. The molecule has 0 aliphatic carbocycles. The van der Waals surface area contributed by atoms with Crippen molar-refractivity contribution in [3.05, 3.63) is 23.8 Å². The van der Waals surface area contributed by atoms with Crippen LogP contribution in [-0.2, 0) is 0 Å². The highest BCUT2D eigenvalue weighted by Crippen LogP contribution is 2.17. The fourth-order valence-electron chi connectivity index (χ4n) is 4.56. The van der Waals surface area contributed by atoms with Crippen molar-refractivity contribution in [2.75, 3.05) is 0 Å². The Morgan fingerprint density at radius 2 is 0.812 bits per heavy atom. The Labute approximate surface area is 205 Å². The topological polar surface area (TPSA) is 0 Å². The normalized spacial score (nSPS) is 12.3. The van der Waals surface area contributed by atoms with Crippen LogP contribution in [0.4, 0.5) is 0 Å². The molecule has 0 aliphatic rings. The summed E-state index contributed by atoms with van der Waals surface area (Å²) in [7, 11) is 0. The lowest BCUT2D eigenvalue weighted by Gasteiger charge is -2.05. The molecule has 0 saturated carbocycles. The molecule has 0 saturated heterocycles. The highest BCUT2D eigenvalue weighted by atomic mass is 14.0. The lowest BCUT2D eigenvalue weighted by Crippen LogP contribution is -1.85. The van der Waals surface area contributed by atoms with Crippen molar-refractivity contribution in [2.45, 2.75) is 181 Å². The first-order valence-corrected chi connectivity index (χ1v) is 15.2. The van der Waals surface area contributed by atoms with Crippen molar-refractivity contribution in [1.82, 2.24) is 0 Å². The van der Waals surface area contributed by atoms with Crippen LogP contribution in [0.15, 0.2) is 23.8 Å². The molecule has 190 valence electrons. The second-order valence-electron chi connectivity index (χ2n) is 10.2. The molecular formula is C32H62. The number of hydrogen-bond acceptors (Lipinski definition) is 0. The minimum Gasteiger partial charge on any atom is -0.0843 e. The summed E-state index contributed by atoms with van der Waals surface area (Å²) in [5, 5.41) is 0. The zero-order valence-electron chi connectivity index (χ0n) is 22.9. The maximum absolute atomic E-state index is 2.50. The molecule has 0 bridgehead atoms. The molecule has 0 aromatic heterocycles. The van der Waals surface area contributed by atoms with Crippen LogP contribution in [-0.4, -0.2) is 0 Å². The smallest absolute Gasteiger partial charge is 0.0282 e. The predicted molar refractivity (Wildman–Crippen MR) is 150 cm³/mol. The molecule has 0 fully saturated rings. The molecule has 32 heavy (non-hydrogen) atoms. The van der Waals surface area contributed by atoms with Crippen LogP contribution in [0.5, 0.6) is 0 Å².